The quantitative estimate of drug-likeness (QED) is 0.462. The molecule has 0 fully saturated rings. The number of carbonyl (C=O) groups is 2. The van der Waals surface area contributed by atoms with E-state index in [1.54, 1.807) is 0 Å². The molecule has 0 spiro atoms. The largest absolute Gasteiger partial charge is 0.478 e. The molecule has 11 heavy (non-hydrogen) atoms. The number of hydrogen-bond acceptors (Lipinski definition) is 2. The van der Waals surface area contributed by atoms with Gasteiger partial charge in [-0.2, -0.15) is 0 Å². The highest BCUT2D eigenvalue weighted by Crippen LogP contribution is 1.89. The average Bonchev–Trinajstić information content (AvgIpc) is 1.90. The van der Waals surface area contributed by atoms with Gasteiger partial charge in [-0.25, -0.2) is 9.59 Å². The maximum absolute atomic E-state index is 9.90. The van der Waals surface area contributed by atoms with E-state index < -0.39 is 11.9 Å². The molecule has 0 aromatic rings. The molecule has 0 aliphatic rings. The molecular weight excluding hydrogens is 148 g/mol. The lowest BCUT2D eigenvalue weighted by Crippen LogP contribution is -1.99. The number of rotatable bonds is 2. The summed E-state index contributed by atoms with van der Waals surface area (Å²) >= 11 is 0. The molecule has 0 heterocycles. The van der Waals surface area contributed by atoms with Crippen molar-refractivity contribution in [3.8, 4) is 0 Å². The van der Waals surface area contributed by atoms with Crippen molar-refractivity contribution in [2.24, 2.45) is 0 Å². The zero-order valence-electron chi connectivity index (χ0n) is 6.20. The molecule has 0 aliphatic heterocycles. The van der Waals surface area contributed by atoms with Crippen LogP contribution in [0.25, 0.3) is 0 Å². The molecule has 0 saturated carbocycles. The fourth-order valence-electron chi connectivity index (χ4n) is 0.247. The predicted octanol–water partition coefficient (Wildman–Crippen LogP) is 0.904. The van der Waals surface area contributed by atoms with Crippen LogP contribution in [0.3, 0.4) is 0 Å². The van der Waals surface area contributed by atoms with E-state index in [1.165, 1.54) is 6.92 Å². The SMILES string of the molecule is C/C(=C/C(=O)O)C(=O)O.C=C. The second-order valence-electron chi connectivity index (χ2n) is 1.47. The van der Waals surface area contributed by atoms with E-state index in [0.717, 1.165) is 0 Å². The molecule has 0 atom stereocenters. The minimum Gasteiger partial charge on any atom is -0.478 e. The predicted molar refractivity (Wildman–Crippen MR) is 40.3 cm³/mol. The van der Waals surface area contributed by atoms with Crippen LogP contribution in [0.5, 0.6) is 0 Å². The Labute approximate surface area is 64.5 Å². The van der Waals surface area contributed by atoms with Gasteiger partial charge in [0.25, 0.3) is 0 Å². The molecule has 2 N–H and O–H groups in total. The van der Waals surface area contributed by atoms with Gasteiger partial charge in [-0.1, -0.05) is 0 Å². The first-order valence-corrected chi connectivity index (χ1v) is 2.68. The molecule has 0 aromatic carbocycles. The van der Waals surface area contributed by atoms with Crippen molar-refractivity contribution in [1.29, 1.82) is 0 Å². The third kappa shape index (κ3) is 8.42. The second-order valence-corrected chi connectivity index (χ2v) is 1.47. The molecule has 4 nitrogen and oxygen atoms in total. The molecule has 4 heteroatoms. The van der Waals surface area contributed by atoms with Gasteiger partial charge in [0, 0.05) is 11.6 Å². The summed E-state index contributed by atoms with van der Waals surface area (Å²) in [5, 5.41) is 16.1. The van der Waals surface area contributed by atoms with Crippen LogP contribution < -0.4 is 0 Å². The summed E-state index contributed by atoms with van der Waals surface area (Å²) in [5.41, 5.74) is -0.178. The van der Waals surface area contributed by atoms with E-state index in [-0.39, 0.29) is 5.57 Å². The Bertz CT molecular complexity index is 181. The van der Waals surface area contributed by atoms with Gasteiger partial charge >= 0.3 is 11.9 Å². The van der Waals surface area contributed by atoms with Crippen molar-refractivity contribution >= 4 is 11.9 Å². The zero-order valence-corrected chi connectivity index (χ0v) is 6.20. The fraction of sp³-hybridized carbons (Fsp3) is 0.143. The summed E-state index contributed by atoms with van der Waals surface area (Å²) in [6.45, 7) is 7.22. The minimum atomic E-state index is -1.24. The van der Waals surface area contributed by atoms with Crippen LogP contribution >= 0.6 is 0 Å². The summed E-state index contributed by atoms with van der Waals surface area (Å²) < 4.78 is 0. The molecule has 62 valence electrons. The summed E-state index contributed by atoms with van der Waals surface area (Å²) in [6.07, 6.45) is 0.641. The van der Waals surface area contributed by atoms with E-state index in [2.05, 4.69) is 13.2 Å². The lowest BCUT2D eigenvalue weighted by Gasteiger charge is -1.86. The van der Waals surface area contributed by atoms with E-state index >= 15 is 0 Å². The van der Waals surface area contributed by atoms with E-state index in [1.807, 2.05) is 0 Å². The Morgan fingerprint density at radius 1 is 1.27 bits per heavy atom. The zero-order chi connectivity index (χ0) is 9.44. The van der Waals surface area contributed by atoms with Crippen molar-refractivity contribution in [2.75, 3.05) is 0 Å². The fourth-order valence-corrected chi connectivity index (χ4v) is 0.247. The minimum absolute atomic E-state index is 0.178. The number of carboxylic acids is 2. The maximum Gasteiger partial charge on any atom is 0.331 e. The van der Waals surface area contributed by atoms with E-state index in [4.69, 9.17) is 10.2 Å². The molecule has 0 amide bonds. The number of carboxylic acid groups (broad SMARTS) is 2. The Morgan fingerprint density at radius 2 is 1.64 bits per heavy atom. The lowest BCUT2D eigenvalue weighted by molar-refractivity contribution is -0.135. The molecule has 0 saturated heterocycles. The summed E-state index contributed by atoms with van der Waals surface area (Å²) in [6, 6.07) is 0. The molecule has 0 rings (SSSR count). The van der Waals surface area contributed by atoms with Crippen LogP contribution in [0.2, 0.25) is 0 Å². The Kier molecular flexibility index (Phi) is 7.21. The third-order valence-corrected chi connectivity index (χ3v) is 0.677. The van der Waals surface area contributed by atoms with Gasteiger partial charge in [0.15, 0.2) is 0 Å². The van der Waals surface area contributed by atoms with Gasteiger partial charge < -0.3 is 10.2 Å². The summed E-state index contributed by atoms with van der Waals surface area (Å²) in [4.78, 5) is 19.7. The smallest absolute Gasteiger partial charge is 0.331 e. The van der Waals surface area contributed by atoms with Gasteiger partial charge in [0.1, 0.15) is 0 Å². The normalized spacial score (nSPS) is 9.36. The van der Waals surface area contributed by atoms with Crippen LogP contribution in [0.15, 0.2) is 24.8 Å². The van der Waals surface area contributed by atoms with Crippen LogP contribution in [0, 0.1) is 0 Å². The van der Waals surface area contributed by atoms with E-state index in [9.17, 15) is 9.59 Å². The standard InChI is InChI=1S/C5H6O4.C2H4/c1-3(5(8)9)2-4(6)7;1-2/h2H,1H3,(H,6,7)(H,8,9);1-2H2/b3-2-;. The van der Waals surface area contributed by atoms with Crippen LogP contribution in [-0.4, -0.2) is 22.2 Å². The van der Waals surface area contributed by atoms with Crippen LogP contribution in [0.1, 0.15) is 6.92 Å². The van der Waals surface area contributed by atoms with E-state index in [0.29, 0.717) is 6.08 Å². The van der Waals surface area contributed by atoms with Crippen LogP contribution in [-0.2, 0) is 9.59 Å². The average molecular weight is 158 g/mol. The highest BCUT2D eigenvalue weighted by molar-refractivity contribution is 5.93. The van der Waals surface area contributed by atoms with Gasteiger partial charge in [-0.05, 0) is 6.92 Å². The molecule has 0 aliphatic carbocycles. The Hall–Kier alpha value is -1.58. The van der Waals surface area contributed by atoms with Crippen molar-refractivity contribution in [3.05, 3.63) is 24.8 Å². The number of aliphatic carboxylic acids is 2. The van der Waals surface area contributed by atoms with Crippen molar-refractivity contribution in [3.63, 3.8) is 0 Å². The first-order chi connectivity index (χ1) is 5.04. The molecule has 0 bridgehead atoms. The number of hydrogen-bond donors (Lipinski definition) is 2. The van der Waals surface area contributed by atoms with Crippen molar-refractivity contribution in [1.82, 2.24) is 0 Å². The van der Waals surface area contributed by atoms with Crippen molar-refractivity contribution < 1.29 is 19.8 Å². The topological polar surface area (TPSA) is 74.6 Å². The molecule has 0 radical (unpaired) electrons. The highest BCUT2D eigenvalue weighted by Gasteiger charge is 2.00. The summed E-state index contributed by atoms with van der Waals surface area (Å²) in [7, 11) is 0. The molecule has 0 unspecified atom stereocenters. The third-order valence-electron chi connectivity index (χ3n) is 0.677. The Morgan fingerprint density at radius 3 is 1.73 bits per heavy atom. The van der Waals surface area contributed by atoms with Gasteiger partial charge in [0.05, 0.1) is 0 Å². The monoisotopic (exact) mass is 158 g/mol. The summed E-state index contributed by atoms with van der Waals surface area (Å²) in [5.74, 6) is -2.45. The molecular formula is C7H10O4. The molecule has 0 aromatic heterocycles. The Balaban J connectivity index is 0. The van der Waals surface area contributed by atoms with Crippen LogP contribution in [0.4, 0.5) is 0 Å². The van der Waals surface area contributed by atoms with Gasteiger partial charge in [-0.15, -0.1) is 13.2 Å². The van der Waals surface area contributed by atoms with Gasteiger partial charge in [0.2, 0.25) is 0 Å². The van der Waals surface area contributed by atoms with Gasteiger partial charge in [-0.3, -0.25) is 0 Å². The maximum atomic E-state index is 9.90. The first-order valence-electron chi connectivity index (χ1n) is 2.68. The highest BCUT2D eigenvalue weighted by atomic mass is 16.4. The second kappa shape index (κ2) is 6.54. The first kappa shape index (κ1) is 12.1. The van der Waals surface area contributed by atoms with Crippen molar-refractivity contribution in [2.45, 2.75) is 6.92 Å². The lowest BCUT2D eigenvalue weighted by atomic mass is 10.3.